The third-order valence-electron chi connectivity index (χ3n) is 4.01. The van der Waals surface area contributed by atoms with Crippen LogP contribution in [0.25, 0.3) is 11.1 Å². The van der Waals surface area contributed by atoms with Gasteiger partial charge in [-0.15, -0.1) is 0 Å². The number of aromatic hydroxyl groups is 1. The Labute approximate surface area is 143 Å². The molecule has 3 aromatic carbocycles. The second-order valence-corrected chi connectivity index (χ2v) is 6.95. The molecule has 1 N–H and O–H groups in total. The molecule has 0 radical (unpaired) electrons. The Hall–Kier alpha value is -2.74. The van der Waals surface area contributed by atoms with Crippen LogP contribution in [-0.4, -0.2) is 5.11 Å². The summed E-state index contributed by atoms with van der Waals surface area (Å²) in [6.07, 6.45) is 0. The van der Waals surface area contributed by atoms with Gasteiger partial charge in [-0.2, -0.15) is 0 Å². The molecule has 0 fully saturated rings. The van der Waals surface area contributed by atoms with Gasteiger partial charge in [0.2, 0.25) is 0 Å². The molecular weight excluding hydrogens is 296 g/mol. The van der Waals surface area contributed by atoms with E-state index in [1.54, 1.807) is 24.3 Å². The Morgan fingerprint density at radius 3 is 1.50 bits per heavy atom. The number of hydrogen-bond acceptors (Lipinski definition) is 2. The normalized spacial score (nSPS) is 11.3. The predicted molar refractivity (Wildman–Crippen MR) is 98.8 cm³/mol. The maximum absolute atomic E-state index is 9.30. The molecular formula is C22H22O2. The van der Waals surface area contributed by atoms with Gasteiger partial charge in [0.15, 0.2) is 0 Å². The van der Waals surface area contributed by atoms with E-state index < -0.39 is 0 Å². The molecule has 0 amide bonds. The molecule has 0 bridgehead atoms. The largest absolute Gasteiger partial charge is 0.508 e. The van der Waals surface area contributed by atoms with E-state index in [9.17, 15) is 5.11 Å². The Balaban J connectivity index is 1.75. The molecule has 0 heterocycles. The van der Waals surface area contributed by atoms with Crippen LogP contribution < -0.4 is 4.74 Å². The molecule has 0 spiro atoms. The summed E-state index contributed by atoms with van der Waals surface area (Å²) < 4.78 is 5.78. The number of phenols is 1. The van der Waals surface area contributed by atoms with Crippen LogP contribution in [0.4, 0.5) is 0 Å². The van der Waals surface area contributed by atoms with E-state index in [4.69, 9.17) is 4.74 Å². The van der Waals surface area contributed by atoms with Crippen molar-refractivity contribution in [2.45, 2.75) is 26.2 Å². The molecule has 0 aliphatic carbocycles. The van der Waals surface area contributed by atoms with Crippen molar-refractivity contribution in [1.29, 1.82) is 0 Å². The van der Waals surface area contributed by atoms with Crippen LogP contribution in [0.5, 0.6) is 17.2 Å². The van der Waals surface area contributed by atoms with Crippen molar-refractivity contribution < 1.29 is 9.84 Å². The predicted octanol–water partition coefficient (Wildman–Crippen LogP) is 6.15. The first kappa shape index (κ1) is 16.1. The Bertz CT molecular complexity index is 793. The standard InChI is InChI=1S/C22H22O2/c1-22(2,3)18-8-4-16(5-9-18)17-6-12-20(13-7-17)24-21-14-10-19(23)11-15-21/h4-15,23H,1-3H3. The fourth-order valence-corrected chi connectivity index (χ4v) is 2.53. The number of rotatable bonds is 3. The van der Waals surface area contributed by atoms with Crippen LogP contribution in [0.15, 0.2) is 72.8 Å². The number of hydrogen-bond donors (Lipinski definition) is 1. The van der Waals surface area contributed by atoms with E-state index in [0.717, 1.165) is 11.3 Å². The van der Waals surface area contributed by atoms with Crippen LogP contribution in [0.3, 0.4) is 0 Å². The number of benzene rings is 3. The molecule has 24 heavy (non-hydrogen) atoms. The van der Waals surface area contributed by atoms with E-state index in [-0.39, 0.29) is 11.2 Å². The van der Waals surface area contributed by atoms with Crippen LogP contribution in [0.1, 0.15) is 26.3 Å². The lowest BCUT2D eigenvalue weighted by Gasteiger charge is -2.19. The summed E-state index contributed by atoms with van der Waals surface area (Å²) in [5.74, 6) is 1.71. The molecule has 0 saturated heterocycles. The molecule has 0 unspecified atom stereocenters. The lowest BCUT2D eigenvalue weighted by molar-refractivity contribution is 0.464. The summed E-state index contributed by atoms with van der Waals surface area (Å²) in [7, 11) is 0. The highest BCUT2D eigenvalue weighted by atomic mass is 16.5. The highest BCUT2D eigenvalue weighted by Crippen LogP contribution is 2.29. The second-order valence-electron chi connectivity index (χ2n) is 6.95. The summed E-state index contributed by atoms with van der Waals surface area (Å²) >= 11 is 0. The van der Waals surface area contributed by atoms with Crippen molar-refractivity contribution in [2.75, 3.05) is 0 Å². The van der Waals surface area contributed by atoms with Crippen molar-refractivity contribution in [1.82, 2.24) is 0 Å². The SMILES string of the molecule is CC(C)(C)c1ccc(-c2ccc(Oc3ccc(O)cc3)cc2)cc1. The molecule has 3 aromatic rings. The third kappa shape index (κ3) is 3.77. The average molecular weight is 318 g/mol. The molecule has 0 aliphatic heterocycles. The van der Waals surface area contributed by atoms with Gasteiger partial charge in [0.05, 0.1) is 0 Å². The lowest BCUT2D eigenvalue weighted by atomic mass is 9.86. The smallest absolute Gasteiger partial charge is 0.127 e. The zero-order valence-corrected chi connectivity index (χ0v) is 14.3. The quantitative estimate of drug-likeness (QED) is 0.627. The highest BCUT2D eigenvalue weighted by Gasteiger charge is 2.13. The fraction of sp³-hybridized carbons (Fsp3) is 0.182. The third-order valence-corrected chi connectivity index (χ3v) is 4.01. The molecule has 122 valence electrons. The molecule has 0 aliphatic rings. The average Bonchev–Trinajstić information content (AvgIpc) is 2.57. The number of phenolic OH excluding ortho intramolecular Hbond substituents is 1. The van der Waals surface area contributed by atoms with Crippen LogP contribution in [0.2, 0.25) is 0 Å². The van der Waals surface area contributed by atoms with E-state index >= 15 is 0 Å². The van der Waals surface area contributed by atoms with Crippen LogP contribution in [0, 0.1) is 0 Å². The van der Waals surface area contributed by atoms with Crippen molar-refractivity contribution in [3.05, 3.63) is 78.4 Å². The Morgan fingerprint density at radius 2 is 1.04 bits per heavy atom. The minimum atomic E-state index is 0.167. The molecule has 2 heteroatoms. The Kier molecular flexibility index (Phi) is 4.30. The van der Waals surface area contributed by atoms with E-state index in [1.807, 2.05) is 12.1 Å². The van der Waals surface area contributed by atoms with Crippen molar-refractivity contribution >= 4 is 0 Å². The topological polar surface area (TPSA) is 29.5 Å². The van der Waals surface area contributed by atoms with Crippen molar-refractivity contribution in [2.24, 2.45) is 0 Å². The van der Waals surface area contributed by atoms with Gasteiger partial charge in [-0.25, -0.2) is 0 Å². The minimum Gasteiger partial charge on any atom is -0.508 e. The van der Waals surface area contributed by atoms with Gasteiger partial charge >= 0.3 is 0 Å². The van der Waals surface area contributed by atoms with Gasteiger partial charge in [0.25, 0.3) is 0 Å². The van der Waals surface area contributed by atoms with E-state index in [2.05, 4.69) is 57.2 Å². The first-order valence-corrected chi connectivity index (χ1v) is 8.10. The van der Waals surface area contributed by atoms with Crippen molar-refractivity contribution in [3.8, 4) is 28.4 Å². The molecule has 0 aromatic heterocycles. The van der Waals surface area contributed by atoms with Crippen LogP contribution in [-0.2, 0) is 5.41 Å². The Morgan fingerprint density at radius 1 is 0.625 bits per heavy atom. The van der Waals surface area contributed by atoms with Crippen LogP contribution >= 0.6 is 0 Å². The maximum atomic E-state index is 9.30. The molecule has 0 saturated carbocycles. The first-order chi connectivity index (χ1) is 11.4. The molecule has 2 nitrogen and oxygen atoms in total. The first-order valence-electron chi connectivity index (χ1n) is 8.10. The second kappa shape index (κ2) is 6.40. The monoisotopic (exact) mass is 318 g/mol. The lowest BCUT2D eigenvalue weighted by Crippen LogP contribution is -2.10. The summed E-state index contributed by atoms with van der Waals surface area (Å²) in [5.41, 5.74) is 3.85. The van der Waals surface area contributed by atoms with Crippen molar-refractivity contribution in [3.63, 3.8) is 0 Å². The van der Waals surface area contributed by atoms with Gasteiger partial charge in [-0.3, -0.25) is 0 Å². The summed E-state index contributed by atoms with van der Waals surface area (Å²) in [6.45, 7) is 6.66. The zero-order valence-electron chi connectivity index (χ0n) is 14.3. The number of ether oxygens (including phenoxy) is 1. The molecule has 3 rings (SSSR count). The van der Waals surface area contributed by atoms with Gasteiger partial charge in [-0.05, 0) is 58.5 Å². The van der Waals surface area contributed by atoms with Gasteiger partial charge in [0.1, 0.15) is 17.2 Å². The van der Waals surface area contributed by atoms with E-state index in [1.165, 1.54) is 11.1 Å². The van der Waals surface area contributed by atoms with E-state index in [0.29, 0.717) is 5.75 Å². The summed E-state index contributed by atoms with van der Waals surface area (Å²) in [5, 5.41) is 9.30. The maximum Gasteiger partial charge on any atom is 0.127 e. The fourth-order valence-electron chi connectivity index (χ4n) is 2.53. The summed E-state index contributed by atoms with van der Waals surface area (Å²) in [4.78, 5) is 0. The van der Waals surface area contributed by atoms with Gasteiger partial charge < -0.3 is 9.84 Å². The van der Waals surface area contributed by atoms with Gasteiger partial charge in [-0.1, -0.05) is 57.2 Å². The zero-order chi connectivity index (χ0) is 17.2. The minimum absolute atomic E-state index is 0.167. The molecule has 0 atom stereocenters. The highest BCUT2D eigenvalue weighted by molar-refractivity contribution is 5.64. The summed E-state index contributed by atoms with van der Waals surface area (Å²) in [6, 6.07) is 23.5. The van der Waals surface area contributed by atoms with Gasteiger partial charge in [0, 0.05) is 0 Å².